The number of benzene rings is 1. The highest BCUT2D eigenvalue weighted by atomic mass is 19.1. The van der Waals surface area contributed by atoms with Gasteiger partial charge in [-0.2, -0.15) is 0 Å². The molecule has 5 nitrogen and oxygen atoms in total. The summed E-state index contributed by atoms with van der Waals surface area (Å²) in [5.41, 5.74) is 1.66. The van der Waals surface area contributed by atoms with Gasteiger partial charge >= 0.3 is 7.12 Å². The van der Waals surface area contributed by atoms with Gasteiger partial charge in [0.2, 0.25) is 5.91 Å². The standard InChI is InChI=1S/C20H28BFN2O3/c1-19(2)20(3,4)27-21(26-19)14-9-13-7-8-24(12-16(13)17(22)10-14)11-15-5-6-18(25)23-15/h9-10,15H,5-8,11-12H2,1-4H3,(H,23,25)/t15-/m0/s1. The van der Waals surface area contributed by atoms with Crippen LogP contribution >= 0.6 is 0 Å². The molecule has 2 fully saturated rings. The molecule has 3 aliphatic rings. The third-order valence-electron chi connectivity index (χ3n) is 6.48. The maximum Gasteiger partial charge on any atom is 0.494 e. The second kappa shape index (κ2) is 6.57. The van der Waals surface area contributed by atoms with Gasteiger partial charge in [-0.05, 0) is 57.6 Å². The van der Waals surface area contributed by atoms with E-state index in [0.717, 1.165) is 42.5 Å². The van der Waals surface area contributed by atoms with E-state index in [0.29, 0.717) is 13.0 Å². The van der Waals surface area contributed by atoms with Crippen LogP contribution < -0.4 is 10.8 Å². The molecule has 4 rings (SSSR count). The van der Waals surface area contributed by atoms with Crippen LogP contribution in [-0.4, -0.2) is 48.3 Å². The third-order valence-corrected chi connectivity index (χ3v) is 6.48. The molecule has 1 aromatic carbocycles. The summed E-state index contributed by atoms with van der Waals surface area (Å²) in [6.07, 6.45) is 2.26. The number of amides is 1. The van der Waals surface area contributed by atoms with Crippen LogP contribution in [0, 0.1) is 5.82 Å². The molecule has 1 N–H and O–H groups in total. The van der Waals surface area contributed by atoms with Crippen LogP contribution in [0.25, 0.3) is 0 Å². The van der Waals surface area contributed by atoms with E-state index >= 15 is 0 Å². The number of carbonyl (C=O) groups is 1. The topological polar surface area (TPSA) is 50.8 Å². The van der Waals surface area contributed by atoms with Gasteiger partial charge in [0.1, 0.15) is 5.82 Å². The van der Waals surface area contributed by atoms with Crippen molar-refractivity contribution in [3.05, 3.63) is 29.1 Å². The molecule has 0 bridgehead atoms. The van der Waals surface area contributed by atoms with Gasteiger partial charge in [-0.25, -0.2) is 4.39 Å². The van der Waals surface area contributed by atoms with E-state index in [1.54, 1.807) is 6.07 Å². The highest BCUT2D eigenvalue weighted by Crippen LogP contribution is 2.36. The fourth-order valence-corrected chi connectivity index (χ4v) is 4.10. The SMILES string of the molecule is CC1(C)OB(c2cc(F)c3c(c2)CCN(C[C@@H]2CCC(=O)N2)C3)OC1(C)C. The molecule has 1 amide bonds. The van der Waals surface area contributed by atoms with Crippen LogP contribution in [0.1, 0.15) is 51.7 Å². The van der Waals surface area contributed by atoms with Gasteiger partial charge in [0.05, 0.1) is 11.2 Å². The molecule has 146 valence electrons. The highest BCUT2D eigenvalue weighted by molar-refractivity contribution is 6.62. The normalized spacial score (nSPS) is 26.9. The molecule has 3 aliphatic heterocycles. The van der Waals surface area contributed by atoms with E-state index in [9.17, 15) is 9.18 Å². The van der Waals surface area contributed by atoms with E-state index in [1.807, 2.05) is 33.8 Å². The summed E-state index contributed by atoms with van der Waals surface area (Å²) in [5.74, 6) is -0.0759. The van der Waals surface area contributed by atoms with E-state index < -0.39 is 18.3 Å². The van der Waals surface area contributed by atoms with Crippen LogP contribution in [0.3, 0.4) is 0 Å². The fourth-order valence-electron chi connectivity index (χ4n) is 4.10. The molecular formula is C20H28BFN2O3. The molecule has 7 heteroatoms. The first-order valence-electron chi connectivity index (χ1n) is 9.83. The number of carbonyl (C=O) groups excluding carboxylic acids is 1. The molecule has 0 unspecified atom stereocenters. The Morgan fingerprint density at radius 2 is 1.93 bits per heavy atom. The molecule has 0 saturated carbocycles. The van der Waals surface area contributed by atoms with E-state index in [-0.39, 0.29) is 17.8 Å². The van der Waals surface area contributed by atoms with Crippen molar-refractivity contribution in [2.24, 2.45) is 0 Å². The number of nitrogens with one attached hydrogen (secondary N) is 1. The summed E-state index contributed by atoms with van der Waals surface area (Å²) in [5, 5.41) is 2.99. The Morgan fingerprint density at radius 1 is 1.22 bits per heavy atom. The smallest absolute Gasteiger partial charge is 0.399 e. The Morgan fingerprint density at radius 3 is 2.56 bits per heavy atom. The van der Waals surface area contributed by atoms with Crippen molar-refractivity contribution < 1.29 is 18.5 Å². The molecule has 0 radical (unpaired) electrons. The lowest BCUT2D eigenvalue weighted by molar-refractivity contribution is -0.119. The van der Waals surface area contributed by atoms with Crippen molar-refractivity contribution in [1.82, 2.24) is 10.2 Å². The van der Waals surface area contributed by atoms with Crippen LogP contribution in [0.5, 0.6) is 0 Å². The first-order valence-corrected chi connectivity index (χ1v) is 9.83. The lowest BCUT2D eigenvalue weighted by Gasteiger charge is -2.32. The van der Waals surface area contributed by atoms with E-state index in [4.69, 9.17) is 9.31 Å². The Labute approximate surface area is 160 Å². The molecule has 0 aliphatic carbocycles. The molecule has 1 aromatic rings. The molecule has 0 spiro atoms. The monoisotopic (exact) mass is 374 g/mol. The average molecular weight is 374 g/mol. The van der Waals surface area contributed by atoms with Gasteiger partial charge in [-0.1, -0.05) is 6.07 Å². The molecule has 27 heavy (non-hydrogen) atoms. The largest absolute Gasteiger partial charge is 0.494 e. The van der Waals surface area contributed by atoms with Crippen molar-refractivity contribution in [3.8, 4) is 0 Å². The van der Waals surface area contributed by atoms with Crippen molar-refractivity contribution in [2.45, 2.75) is 70.7 Å². The van der Waals surface area contributed by atoms with Crippen molar-refractivity contribution in [3.63, 3.8) is 0 Å². The number of hydrogen-bond acceptors (Lipinski definition) is 4. The third kappa shape index (κ3) is 3.53. The Kier molecular flexibility index (Phi) is 4.60. The number of rotatable bonds is 3. The molecule has 0 aromatic heterocycles. The summed E-state index contributed by atoms with van der Waals surface area (Å²) in [4.78, 5) is 13.6. The minimum atomic E-state index is -0.540. The zero-order chi connectivity index (χ0) is 19.4. The predicted octanol–water partition coefficient (Wildman–Crippen LogP) is 1.76. The van der Waals surface area contributed by atoms with Crippen molar-refractivity contribution in [1.29, 1.82) is 0 Å². The average Bonchev–Trinajstić information content (AvgIpc) is 3.08. The molecule has 1 atom stereocenters. The summed E-state index contributed by atoms with van der Waals surface area (Å²) in [7, 11) is -0.540. The summed E-state index contributed by atoms with van der Waals surface area (Å²) >= 11 is 0. The van der Waals surface area contributed by atoms with Crippen LogP contribution in [0.15, 0.2) is 12.1 Å². The van der Waals surface area contributed by atoms with Crippen molar-refractivity contribution >= 4 is 18.5 Å². The minimum absolute atomic E-state index is 0.121. The fraction of sp³-hybridized carbons (Fsp3) is 0.650. The Hall–Kier alpha value is -1.44. The lowest BCUT2D eigenvalue weighted by Crippen LogP contribution is -2.42. The highest BCUT2D eigenvalue weighted by Gasteiger charge is 2.52. The summed E-state index contributed by atoms with van der Waals surface area (Å²) in [6, 6.07) is 3.78. The zero-order valence-corrected chi connectivity index (χ0v) is 16.6. The van der Waals surface area contributed by atoms with Crippen LogP contribution in [0.4, 0.5) is 4.39 Å². The first kappa shape index (κ1) is 18.9. The van der Waals surface area contributed by atoms with Gasteiger partial charge in [-0.3, -0.25) is 9.69 Å². The first-order chi connectivity index (χ1) is 12.6. The minimum Gasteiger partial charge on any atom is -0.399 e. The number of nitrogens with zero attached hydrogens (tertiary/aromatic N) is 1. The van der Waals surface area contributed by atoms with Gasteiger partial charge in [0.25, 0.3) is 0 Å². The summed E-state index contributed by atoms with van der Waals surface area (Å²) < 4.78 is 27.1. The second-order valence-electron chi connectivity index (χ2n) is 9.02. The van der Waals surface area contributed by atoms with Gasteiger partial charge in [-0.15, -0.1) is 0 Å². The maximum absolute atomic E-state index is 14.9. The molecule has 3 heterocycles. The van der Waals surface area contributed by atoms with Crippen LogP contribution in [0.2, 0.25) is 0 Å². The zero-order valence-electron chi connectivity index (χ0n) is 16.6. The number of hydrogen-bond donors (Lipinski definition) is 1. The van der Waals surface area contributed by atoms with Gasteiger partial charge in [0, 0.05) is 37.7 Å². The predicted molar refractivity (Wildman–Crippen MR) is 102 cm³/mol. The van der Waals surface area contributed by atoms with E-state index in [1.165, 1.54) is 0 Å². The maximum atomic E-state index is 14.9. The summed E-state index contributed by atoms with van der Waals surface area (Å²) in [6.45, 7) is 10.2. The van der Waals surface area contributed by atoms with E-state index in [2.05, 4.69) is 10.2 Å². The number of fused-ring (bicyclic) bond motifs is 1. The Bertz CT molecular complexity index is 752. The van der Waals surface area contributed by atoms with Crippen molar-refractivity contribution in [2.75, 3.05) is 13.1 Å². The molecule has 2 saturated heterocycles. The Balaban J connectivity index is 1.49. The van der Waals surface area contributed by atoms with Gasteiger partial charge in [0.15, 0.2) is 0 Å². The van der Waals surface area contributed by atoms with Gasteiger partial charge < -0.3 is 14.6 Å². The number of halogens is 1. The quantitative estimate of drug-likeness (QED) is 0.820. The van der Waals surface area contributed by atoms with Crippen LogP contribution in [-0.2, 0) is 27.1 Å². The second-order valence-corrected chi connectivity index (χ2v) is 9.02. The molecular weight excluding hydrogens is 346 g/mol. The lowest BCUT2D eigenvalue weighted by atomic mass is 9.76.